The maximum atomic E-state index is 12.7. The molecular weight excluding hydrogens is 1610 g/mol. The van der Waals surface area contributed by atoms with Crippen LogP contribution in [0, 0.1) is 17.8 Å². The van der Waals surface area contributed by atoms with Crippen molar-refractivity contribution in [1.82, 2.24) is 0 Å². The first-order valence-electron chi connectivity index (χ1n) is 41.5. The Kier molecular flexibility index (Phi) is 42.0. The molecule has 117 heavy (non-hydrogen) atoms. The molecule has 13 unspecified atom stereocenters. The molecule has 8 rings (SSSR count). The van der Waals surface area contributed by atoms with Gasteiger partial charge in [-0.2, -0.15) is 0 Å². The van der Waals surface area contributed by atoms with E-state index in [2.05, 4.69) is 26.3 Å². The summed E-state index contributed by atoms with van der Waals surface area (Å²) >= 11 is 0. The molecule has 686 valence electrons. The van der Waals surface area contributed by atoms with Crippen LogP contribution in [0.1, 0.15) is 218 Å². The molecule has 34 nitrogen and oxygen atoms in total. The molecule has 0 amide bonds. The predicted octanol–water partition coefficient (Wildman–Crippen LogP) is 9.80. The first kappa shape index (κ1) is 106. The minimum Gasteiger partial charge on any atom is -0.746 e. The molecule has 2 saturated carbocycles. The van der Waals surface area contributed by atoms with Gasteiger partial charge >= 0.3 is 31.3 Å². The number of ether oxygens (including phenoxy) is 14. The minimum absolute atomic E-state index is 0.0125. The molecule has 6 saturated heterocycles. The van der Waals surface area contributed by atoms with E-state index in [1.54, 1.807) is 6.92 Å². The van der Waals surface area contributed by atoms with Crippen molar-refractivity contribution in [2.24, 2.45) is 40.7 Å². The minimum atomic E-state index is -4.78. The Bertz CT molecular complexity index is 3210. The van der Waals surface area contributed by atoms with E-state index in [4.69, 9.17) is 125 Å². The van der Waals surface area contributed by atoms with Gasteiger partial charge in [-0.25, -0.2) is 0 Å². The van der Waals surface area contributed by atoms with Gasteiger partial charge < -0.3 is 145 Å². The van der Waals surface area contributed by atoms with E-state index < -0.39 is 103 Å². The highest BCUT2D eigenvalue weighted by molar-refractivity contribution is 7.46. The largest absolute Gasteiger partial charge is 0.746 e. The summed E-state index contributed by atoms with van der Waals surface area (Å²) in [5.74, 6) is -0.0973. The van der Waals surface area contributed by atoms with Crippen LogP contribution in [0.3, 0.4) is 0 Å². The summed E-state index contributed by atoms with van der Waals surface area (Å²) in [4.78, 5) is 50.5. The summed E-state index contributed by atoms with van der Waals surface area (Å²) in [5, 5.41) is 0. The van der Waals surface area contributed by atoms with E-state index in [1.807, 2.05) is 159 Å². The molecule has 6 heterocycles. The second-order valence-corrected chi connectivity index (χ2v) is 40.0. The van der Waals surface area contributed by atoms with Gasteiger partial charge in [-0.3, -0.25) is 18.3 Å². The van der Waals surface area contributed by atoms with Crippen LogP contribution in [0.5, 0.6) is 0 Å². The number of hydrogen-bond acceptors (Lipinski definition) is 34. The van der Waals surface area contributed by atoms with Crippen molar-refractivity contribution in [3.63, 3.8) is 0 Å². The molecule has 8 aliphatic rings. The average molecular weight is 1760 g/mol. The number of rotatable bonds is 41. The van der Waals surface area contributed by atoms with Gasteiger partial charge in [0.05, 0.1) is 160 Å². The molecule has 0 bridgehead atoms. The van der Waals surface area contributed by atoms with E-state index in [0.29, 0.717) is 58.0 Å². The van der Waals surface area contributed by atoms with Gasteiger partial charge in [0.1, 0.15) is 71.4 Å². The van der Waals surface area contributed by atoms with Crippen molar-refractivity contribution in [1.29, 1.82) is 0 Å². The lowest BCUT2D eigenvalue weighted by molar-refractivity contribution is -0.234. The second-order valence-electron chi connectivity index (χ2n) is 34.8. The van der Waals surface area contributed by atoms with Crippen LogP contribution < -0.4 is 42.5 Å². The Balaban J connectivity index is 0.000000278. The van der Waals surface area contributed by atoms with Crippen LogP contribution in [0.25, 0.3) is 0 Å². The standard InChI is InChI=1S/C20H38NO8P.2C20H38NO7P.C19H36NO8P/c1-12(2)24-11-20(10-21)18(9-15(6)27-20)29-30(22,23)28-16(7)19-17(25-13(3)4)8-14(5)26-19;1-12(2)24-11-20(21)10-14(5)8-18(20)28-29(22,23)27-16(7)19-17(25-13(3)4)9-15(6)26-19;1-11(2)24-10-16-17(8-13(5)19(16)21)28-29(22,23)27-15(7)20-18(25-12(3)4)9-14(6)26-20;1-10(2)23-9-16-19(17(20)13(6)26-16)28-29(21,22)27-14(7)18-15(24-11(3)4)8-12(5)25-18/h12-15,17-19H,7-11,21H2,1-6H3,(H,22,23);12-15,17-19H,7-11,21H2,1-6H3,(H,22,23);11-14,16-20H,7-10,21H2,1-6H3,(H,22,23);10-13,15-19H,7-9,20H2,1-6H3,(H,21,22)/p-4/t14-,15-,17?,18?,19+,20+;14-,15-,17?,18?,19+,20-;13-,14-,16+,17?,18?,19?,20+;12-,13-,15?,16+,17+,18+,19?/m0000/s1. The fraction of sp³-hybridized carbons (Fsp3) is 0.899. The number of phosphoric acid groups is 4. The zero-order valence-electron chi connectivity index (χ0n) is 73.8. The molecule has 0 aromatic carbocycles. The molecular formula is C79H146N4O30P4-4. The highest BCUT2D eigenvalue weighted by atomic mass is 31.2. The molecule has 0 radical (unpaired) electrons. The summed E-state index contributed by atoms with van der Waals surface area (Å²) in [7, 11) is -18.9. The number of hydrogen-bond donors (Lipinski definition) is 4. The third-order valence-electron chi connectivity index (χ3n) is 20.5. The van der Waals surface area contributed by atoms with Gasteiger partial charge in [0.2, 0.25) is 0 Å². The fourth-order valence-corrected chi connectivity index (χ4v) is 19.5. The highest BCUT2D eigenvalue weighted by Crippen LogP contribution is 2.54. The van der Waals surface area contributed by atoms with Crippen molar-refractivity contribution >= 4 is 31.3 Å². The van der Waals surface area contributed by atoms with Crippen molar-refractivity contribution < 1.29 is 140 Å². The topological polar surface area (TPSA) is 468 Å². The molecule has 0 spiro atoms. The Morgan fingerprint density at radius 3 is 1.14 bits per heavy atom. The Morgan fingerprint density at radius 1 is 0.419 bits per heavy atom. The normalized spacial score (nSPS) is 37.0. The quantitative estimate of drug-likeness (QED) is 0.0326. The zero-order chi connectivity index (χ0) is 88.5. The second kappa shape index (κ2) is 46.5. The average Bonchev–Trinajstić information content (AvgIpc) is 1.65. The van der Waals surface area contributed by atoms with Crippen LogP contribution in [0.2, 0.25) is 0 Å². The molecule has 0 aromatic heterocycles. The molecule has 8 fully saturated rings. The molecule has 2 aliphatic carbocycles. The molecule has 0 aromatic rings. The monoisotopic (exact) mass is 1750 g/mol. The Hall–Kier alpha value is -1.96. The van der Waals surface area contributed by atoms with E-state index in [9.17, 15) is 37.8 Å². The van der Waals surface area contributed by atoms with Gasteiger partial charge in [0.15, 0.2) is 0 Å². The van der Waals surface area contributed by atoms with E-state index >= 15 is 0 Å². The summed E-state index contributed by atoms with van der Waals surface area (Å²) in [5.41, 5.74) is 22.8. The van der Waals surface area contributed by atoms with Gasteiger partial charge in [0, 0.05) is 50.6 Å². The summed E-state index contributed by atoms with van der Waals surface area (Å²) in [6.07, 6.45) is -4.52. The molecule has 38 heteroatoms. The predicted molar refractivity (Wildman–Crippen MR) is 431 cm³/mol. The van der Waals surface area contributed by atoms with Gasteiger partial charge in [-0.1, -0.05) is 40.2 Å². The first-order valence-corrected chi connectivity index (χ1v) is 47.4. The van der Waals surface area contributed by atoms with Crippen LogP contribution in [-0.4, -0.2) is 221 Å². The maximum Gasteiger partial charge on any atom is 0.319 e. The van der Waals surface area contributed by atoms with Crippen LogP contribution in [0.4, 0.5) is 0 Å². The third kappa shape index (κ3) is 34.1. The lowest BCUT2D eigenvalue weighted by atomic mass is 9.97. The molecule has 30 atom stereocenters. The first-order chi connectivity index (χ1) is 54.0. The summed E-state index contributed by atoms with van der Waals surface area (Å²) in [6.45, 7) is 61.4. The zero-order valence-corrected chi connectivity index (χ0v) is 77.4. The SMILES string of the molecule is C=C(OP(=O)([O-])OC1C[C@H](C)C(N)[C@@H]1COC(C)C)[C@H]1O[C@@H](C)CC1OC(C)C.C=C(OP(=O)([O-])OC1C[C@H](C)C[C@]1(N)COC(C)C)[C@H]1O[C@@H](C)CC1OC(C)C.C=C(OP(=O)([O-])OC1C[C@H](C)O[C@]1(CN)COC(C)C)[C@H]1O[C@@H](C)CC1OC(C)C.C=C(OP(=O)([O-])OC1[C@@H](COC(C)C)O[C@@H](C)[C@H]1N)[C@H]1O[C@@H](C)CC1OC(C)C. The third-order valence-corrected chi connectivity index (χ3v) is 24.4. The van der Waals surface area contributed by atoms with Crippen molar-refractivity contribution in [3.05, 3.63) is 49.4 Å². The lowest BCUT2D eigenvalue weighted by Crippen LogP contribution is -2.52. The van der Waals surface area contributed by atoms with Crippen LogP contribution in [-0.2, 0) is 121 Å². The van der Waals surface area contributed by atoms with Gasteiger partial charge in [-0.15, -0.1) is 0 Å². The highest BCUT2D eigenvalue weighted by Gasteiger charge is 2.53. The van der Waals surface area contributed by atoms with E-state index in [0.717, 1.165) is 0 Å². The van der Waals surface area contributed by atoms with Crippen molar-refractivity contribution in [2.75, 3.05) is 33.0 Å². The summed E-state index contributed by atoms with van der Waals surface area (Å²) in [6, 6.07) is -0.848. The van der Waals surface area contributed by atoms with Gasteiger partial charge in [-0.05, 0) is 183 Å². The summed E-state index contributed by atoms with van der Waals surface area (Å²) < 4.78 is 173. The molecule has 6 aliphatic heterocycles. The Labute approximate surface area is 697 Å². The molecule has 8 N–H and O–H groups in total. The van der Waals surface area contributed by atoms with E-state index in [1.165, 1.54) is 0 Å². The van der Waals surface area contributed by atoms with Gasteiger partial charge in [0.25, 0.3) is 0 Å². The van der Waals surface area contributed by atoms with E-state index in [-0.39, 0.29) is 183 Å². The Morgan fingerprint density at radius 2 is 0.769 bits per heavy atom. The van der Waals surface area contributed by atoms with Crippen LogP contribution >= 0.6 is 31.3 Å². The maximum absolute atomic E-state index is 12.7. The lowest BCUT2D eigenvalue weighted by Gasteiger charge is -2.37. The smallest absolute Gasteiger partial charge is 0.319 e. The number of phosphoric ester groups is 4. The number of nitrogens with two attached hydrogens (primary N) is 4. The van der Waals surface area contributed by atoms with Crippen LogP contribution in [0.15, 0.2) is 49.4 Å². The van der Waals surface area contributed by atoms with Crippen molar-refractivity contribution in [2.45, 2.75) is 406 Å². The fourth-order valence-electron chi connectivity index (χ4n) is 15.4. The van der Waals surface area contributed by atoms with Crippen molar-refractivity contribution in [3.8, 4) is 0 Å².